The molecule has 1 aromatic heterocycles. The maximum atomic E-state index is 13.9. The molecule has 5 heteroatoms. The van der Waals surface area contributed by atoms with Gasteiger partial charge in [-0.2, -0.15) is 5.10 Å². The summed E-state index contributed by atoms with van der Waals surface area (Å²) in [4.78, 5) is 12.6. The summed E-state index contributed by atoms with van der Waals surface area (Å²) in [5.74, 6) is 0.0185. The summed E-state index contributed by atoms with van der Waals surface area (Å²) < 4.78 is 15.4. The molecule has 0 spiro atoms. The highest BCUT2D eigenvalue weighted by Gasteiger charge is 2.25. The highest BCUT2D eigenvalue weighted by Crippen LogP contribution is 2.24. The zero-order valence-electron chi connectivity index (χ0n) is 13.6. The minimum absolute atomic E-state index is 0.121. The summed E-state index contributed by atoms with van der Waals surface area (Å²) in [5.41, 5.74) is 1.51. The maximum Gasteiger partial charge on any atom is 0.254 e. The van der Waals surface area contributed by atoms with Gasteiger partial charge in [-0.15, -0.1) is 0 Å². The first kappa shape index (κ1) is 15.7. The van der Waals surface area contributed by atoms with Gasteiger partial charge in [0.25, 0.3) is 5.91 Å². The second-order valence-corrected chi connectivity index (χ2v) is 6.35. The Balaban J connectivity index is 1.81. The van der Waals surface area contributed by atoms with Crippen molar-refractivity contribution < 1.29 is 9.18 Å². The van der Waals surface area contributed by atoms with E-state index in [1.165, 1.54) is 23.4 Å². The number of hydrogen-bond acceptors (Lipinski definition) is 2. The molecule has 0 saturated heterocycles. The topological polar surface area (TPSA) is 46.9 Å². The van der Waals surface area contributed by atoms with Crippen molar-refractivity contribution in [1.29, 1.82) is 0 Å². The van der Waals surface area contributed by atoms with Crippen LogP contribution in [0.15, 0.2) is 30.5 Å². The fraction of sp³-hybridized carbons (Fsp3) is 0.444. The lowest BCUT2D eigenvalue weighted by Crippen LogP contribution is -2.41. The Kier molecular flexibility index (Phi) is 4.46. The van der Waals surface area contributed by atoms with Crippen LogP contribution in [0.25, 0.3) is 5.69 Å². The molecule has 3 rings (SSSR count). The fourth-order valence-electron chi connectivity index (χ4n) is 3.28. The predicted molar refractivity (Wildman–Crippen MR) is 87.1 cm³/mol. The maximum absolute atomic E-state index is 13.9. The van der Waals surface area contributed by atoms with Crippen molar-refractivity contribution in [2.24, 2.45) is 5.92 Å². The first-order valence-electron chi connectivity index (χ1n) is 8.18. The van der Waals surface area contributed by atoms with Crippen LogP contribution >= 0.6 is 0 Å². The van der Waals surface area contributed by atoms with Gasteiger partial charge >= 0.3 is 0 Å². The average Bonchev–Trinajstić information content (AvgIpc) is 2.92. The first-order chi connectivity index (χ1) is 11.1. The molecule has 0 bridgehead atoms. The van der Waals surface area contributed by atoms with Crippen molar-refractivity contribution in [3.8, 4) is 5.69 Å². The molecule has 1 saturated carbocycles. The zero-order valence-corrected chi connectivity index (χ0v) is 13.6. The second-order valence-electron chi connectivity index (χ2n) is 6.35. The van der Waals surface area contributed by atoms with Crippen LogP contribution < -0.4 is 5.32 Å². The van der Waals surface area contributed by atoms with Gasteiger partial charge in [-0.1, -0.05) is 31.9 Å². The molecule has 1 aliphatic rings. The van der Waals surface area contributed by atoms with Crippen molar-refractivity contribution in [3.05, 3.63) is 47.5 Å². The standard InChI is InChI=1S/C18H22FN3O/c1-12-7-3-5-9-16(12)21-18(23)14-11-20-22(13(14)2)17-10-6-4-8-15(17)19/h4,6,8,10-12,16H,3,5,7,9H2,1-2H3,(H,21,23). The number of carbonyl (C=O) groups excluding carboxylic acids is 1. The molecule has 23 heavy (non-hydrogen) atoms. The third-order valence-corrected chi connectivity index (χ3v) is 4.76. The lowest BCUT2D eigenvalue weighted by Gasteiger charge is -2.29. The zero-order chi connectivity index (χ0) is 16.4. The summed E-state index contributed by atoms with van der Waals surface area (Å²) in [6.45, 7) is 3.97. The van der Waals surface area contributed by atoms with Crippen LogP contribution in [-0.2, 0) is 0 Å². The van der Waals surface area contributed by atoms with Gasteiger partial charge in [0, 0.05) is 6.04 Å². The van der Waals surface area contributed by atoms with Gasteiger partial charge in [-0.3, -0.25) is 4.79 Å². The molecule has 4 nitrogen and oxygen atoms in total. The van der Waals surface area contributed by atoms with E-state index in [-0.39, 0.29) is 17.8 Å². The highest BCUT2D eigenvalue weighted by atomic mass is 19.1. The first-order valence-corrected chi connectivity index (χ1v) is 8.18. The van der Waals surface area contributed by atoms with Crippen LogP contribution in [0.3, 0.4) is 0 Å². The largest absolute Gasteiger partial charge is 0.349 e. The Morgan fingerprint density at radius 2 is 2.04 bits per heavy atom. The number of hydrogen-bond donors (Lipinski definition) is 1. The van der Waals surface area contributed by atoms with Gasteiger partial charge in [-0.25, -0.2) is 9.07 Å². The van der Waals surface area contributed by atoms with Crippen LogP contribution in [0.1, 0.15) is 48.7 Å². The van der Waals surface area contributed by atoms with Crippen molar-refractivity contribution in [1.82, 2.24) is 15.1 Å². The van der Waals surface area contributed by atoms with Crippen LogP contribution in [0, 0.1) is 18.7 Å². The number of aromatic nitrogens is 2. The molecule has 1 amide bonds. The normalized spacial score (nSPS) is 21.2. The molecule has 2 atom stereocenters. The van der Waals surface area contributed by atoms with Gasteiger partial charge in [0.05, 0.1) is 17.5 Å². The molecule has 0 aliphatic heterocycles. The van der Waals surface area contributed by atoms with Gasteiger partial charge < -0.3 is 5.32 Å². The van der Waals surface area contributed by atoms with Gasteiger partial charge in [0.15, 0.2) is 0 Å². The second kappa shape index (κ2) is 6.52. The summed E-state index contributed by atoms with van der Waals surface area (Å²) >= 11 is 0. The quantitative estimate of drug-likeness (QED) is 0.940. The van der Waals surface area contributed by atoms with Crippen LogP contribution in [-0.4, -0.2) is 21.7 Å². The molecular formula is C18H22FN3O. The van der Waals surface area contributed by atoms with Crippen molar-refractivity contribution in [2.75, 3.05) is 0 Å². The van der Waals surface area contributed by atoms with Gasteiger partial charge in [0.1, 0.15) is 11.5 Å². The van der Waals surface area contributed by atoms with Crippen LogP contribution in [0.4, 0.5) is 4.39 Å². The minimum Gasteiger partial charge on any atom is -0.349 e. The molecule has 0 radical (unpaired) electrons. The Morgan fingerprint density at radius 3 is 2.78 bits per heavy atom. The molecule has 1 fully saturated rings. The number of nitrogens with one attached hydrogen (secondary N) is 1. The summed E-state index contributed by atoms with van der Waals surface area (Å²) in [6, 6.07) is 6.64. The molecule has 122 valence electrons. The Bertz CT molecular complexity index is 710. The molecule has 1 aliphatic carbocycles. The SMILES string of the molecule is Cc1c(C(=O)NC2CCCCC2C)cnn1-c1ccccc1F. The molecular weight excluding hydrogens is 293 g/mol. The van der Waals surface area contributed by atoms with Crippen LogP contribution in [0.2, 0.25) is 0 Å². The van der Waals surface area contributed by atoms with Gasteiger partial charge in [-0.05, 0) is 37.8 Å². The third-order valence-electron chi connectivity index (χ3n) is 4.76. The van der Waals surface area contributed by atoms with Gasteiger partial charge in [0.2, 0.25) is 0 Å². The number of benzene rings is 1. The summed E-state index contributed by atoms with van der Waals surface area (Å²) in [6.07, 6.45) is 6.08. The van der Waals surface area contributed by atoms with E-state index in [4.69, 9.17) is 0 Å². The summed E-state index contributed by atoms with van der Waals surface area (Å²) in [5, 5.41) is 7.31. The molecule has 2 aromatic rings. The number of nitrogens with zero attached hydrogens (tertiary/aromatic N) is 2. The molecule has 1 aromatic carbocycles. The number of rotatable bonds is 3. The minimum atomic E-state index is -0.355. The number of halogens is 1. The van der Waals surface area contributed by atoms with Crippen LogP contribution in [0.5, 0.6) is 0 Å². The average molecular weight is 315 g/mol. The van der Waals surface area contributed by atoms with Crippen molar-refractivity contribution in [3.63, 3.8) is 0 Å². The number of amides is 1. The summed E-state index contributed by atoms with van der Waals surface area (Å²) in [7, 11) is 0. The van der Waals surface area contributed by atoms with E-state index in [0.29, 0.717) is 22.9 Å². The van der Waals surface area contributed by atoms with E-state index < -0.39 is 0 Å². The number of carbonyl (C=O) groups is 1. The van der Waals surface area contributed by atoms with E-state index in [1.54, 1.807) is 25.1 Å². The fourth-order valence-corrected chi connectivity index (χ4v) is 3.28. The monoisotopic (exact) mass is 315 g/mol. The third kappa shape index (κ3) is 3.14. The van der Waals surface area contributed by atoms with E-state index in [9.17, 15) is 9.18 Å². The Hall–Kier alpha value is -2.17. The molecule has 2 unspecified atom stereocenters. The van der Waals surface area contributed by atoms with Crippen molar-refractivity contribution >= 4 is 5.91 Å². The van der Waals surface area contributed by atoms with E-state index in [2.05, 4.69) is 17.3 Å². The lowest BCUT2D eigenvalue weighted by atomic mass is 9.86. The van der Waals surface area contributed by atoms with E-state index >= 15 is 0 Å². The smallest absolute Gasteiger partial charge is 0.254 e. The van der Waals surface area contributed by atoms with E-state index in [0.717, 1.165) is 19.3 Å². The number of para-hydroxylation sites is 1. The highest BCUT2D eigenvalue weighted by molar-refractivity contribution is 5.95. The molecule has 1 N–H and O–H groups in total. The predicted octanol–water partition coefficient (Wildman–Crippen LogP) is 3.63. The van der Waals surface area contributed by atoms with E-state index in [1.807, 2.05) is 0 Å². The lowest BCUT2D eigenvalue weighted by molar-refractivity contribution is 0.0909. The Labute approximate surface area is 135 Å². The van der Waals surface area contributed by atoms with Crippen molar-refractivity contribution in [2.45, 2.75) is 45.6 Å². The Morgan fingerprint density at radius 1 is 1.30 bits per heavy atom. The molecule has 1 heterocycles.